The highest BCUT2D eigenvalue weighted by molar-refractivity contribution is 5.74. The van der Waals surface area contributed by atoms with Gasteiger partial charge in [0, 0.05) is 30.9 Å². The first kappa shape index (κ1) is 19.8. The van der Waals surface area contributed by atoms with Gasteiger partial charge in [0.2, 0.25) is 5.88 Å². The van der Waals surface area contributed by atoms with Crippen LogP contribution in [0.15, 0.2) is 52.6 Å². The van der Waals surface area contributed by atoms with Gasteiger partial charge in [0.1, 0.15) is 5.69 Å². The highest BCUT2D eigenvalue weighted by Crippen LogP contribution is 2.36. The van der Waals surface area contributed by atoms with Crippen LogP contribution in [0.3, 0.4) is 0 Å². The molecule has 5 rings (SSSR count). The van der Waals surface area contributed by atoms with Crippen molar-refractivity contribution < 1.29 is 13.5 Å². The molecule has 0 spiro atoms. The first-order valence-electron chi connectivity index (χ1n) is 9.69. The molecule has 0 aromatic carbocycles. The number of fused-ring (bicyclic) bond motifs is 1. The summed E-state index contributed by atoms with van der Waals surface area (Å²) in [6.45, 7) is 1.10. The number of nitrogens with zero attached hydrogens (tertiary/aromatic N) is 5. The van der Waals surface area contributed by atoms with E-state index in [-0.39, 0.29) is 23.7 Å². The van der Waals surface area contributed by atoms with Crippen LogP contribution in [-0.4, -0.2) is 54.7 Å². The summed E-state index contributed by atoms with van der Waals surface area (Å²) in [5.74, 6) is -3.04. The fraction of sp³-hybridized carbons (Fsp3) is 0.250. The number of alkyl halides is 2. The van der Waals surface area contributed by atoms with E-state index < -0.39 is 29.8 Å². The van der Waals surface area contributed by atoms with E-state index in [0.29, 0.717) is 11.3 Å². The van der Waals surface area contributed by atoms with Crippen molar-refractivity contribution in [1.29, 1.82) is 0 Å². The van der Waals surface area contributed by atoms with Crippen LogP contribution in [0.2, 0.25) is 0 Å². The molecule has 32 heavy (non-hydrogen) atoms. The van der Waals surface area contributed by atoms with Gasteiger partial charge in [-0.15, -0.1) is 0 Å². The Hall–Kier alpha value is -4.09. The fourth-order valence-electron chi connectivity index (χ4n) is 3.60. The normalized spacial score (nSPS) is 17.7. The number of aromatic nitrogens is 6. The lowest BCUT2D eigenvalue weighted by Gasteiger charge is -2.19. The van der Waals surface area contributed by atoms with Crippen molar-refractivity contribution in [1.82, 2.24) is 29.5 Å². The average molecular weight is 441 g/mol. The predicted molar refractivity (Wildman–Crippen MR) is 110 cm³/mol. The number of halogens is 2. The third kappa shape index (κ3) is 3.49. The Bertz CT molecular complexity index is 1410. The predicted octanol–water partition coefficient (Wildman–Crippen LogP) is 1.38. The van der Waals surface area contributed by atoms with Gasteiger partial charge in [0.25, 0.3) is 5.56 Å². The van der Waals surface area contributed by atoms with Gasteiger partial charge < -0.3 is 14.6 Å². The summed E-state index contributed by atoms with van der Waals surface area (Å²) in [7, 11) is 0. The van der Waals surface area contributed by atoms with Gasteiger partial charge in [0.05, 0.1) is 24.3 Å². The molecule has 1 unspecified atom stereocenters. The molecular formula is C20H17F2N7O3. The van der Waals surface area contributed by atoms with Gasteiger partial charge in [-0.05, 0) is 18.6 Å². The van der Waals surface area contributed by atoms with Crippen molar-refractivity contribution in [3.63, 3.8) is 0 Å². The molecule has 1 aliphatic heterocycles. The largest absolute Gasteiger partial charge is 0.466 e. The number of hydrogen-bond donors (Lipinski definition) is 2. The molecule has 0 amide bonds. The third-order valence-corrected chi connectivity index (χ3v) is 5.18. The maximum Gasteiger partial charge on any atom is 0.325 e. The maximum absolute atomic E-state index is 14.8. The van der Waals surface area contributed by atoms with Crippen LogP contribution in [0.1, 0.15) is 5.56 Å². The van der Waals surface area contributed by atoms with E-state index >= 15 is 0 Å². The third-order valence-electron chi connectivity index (χ3n) is 5.18. The zero-order chi connectivity index (χ0) is 22.5. The standard InChI is InChI=1S/C20H17F2N7O3/c1-11-2-3-16(24-7-11)32-15-9-28(10-20(15,21)22)14-6-13(27-29-5-4-23-17(14)29)12-8-25-19(31)26-18(12)30/h2-8,15H,9-10H2,1H3,(H2,25,26,30,31). The van der Waals surface area contributed by atoms with Gasteiger partial charge >= 0.3 is 11.6 Å². The van der Waals surface area contributed by atoms with E-state index in [1.54, 1.807) is 24.5 Å². The van der Waals surface area contributed by atoms with Crippen molar-refractivity contribution in [2.24, 2.45) is 0 Å². The van der Waals surface area contributed by atoms with Gasteiger partial charge in [-0.1, -0.05) is 6.07 Å². The summed E-state index contributed by atoms with van der Waals surface area (Å²) >= 11 is 0. The molecule has 4 aromatic rings. The van der Waals surface area contributed by atoms with E-state index in [1.165, 1.54) is 27.9 Å². The Kier molecular flexibility index (Phi) is 4.50. The Labute approximate surface area is 178 Å². The molecule has 164 valence electrons. The molecule has 0 aliphatic carbocycles. The minimum atomic E-state index is -3.16. The van der Waals surface area contributed by atoms with Crippen LogP contribution in [0.25, 0.3) is 16.9 Å². The average Bonchev–Trinajstić information content (AvgIpc) is 3.33. The molecule has 0 bridgehead atoms. The van der Waals surface area contributed by atoms with Crippen molar-refractivity contribution in [2.45, 2.75) is 19.0 Å². The monoisotopic (exact) mass is 441 g/mol. The van der Waals surface area contributed by atoms with Crippen LogP contribution in [0.5, 0.6) is 5.88 Å². The topological polar surface area (TPSA) is 121 Å². The van der Waals surface area contributed by atoms with E-state index in [4.69, 9.17) is 4.74 Å². The molecule has 0 saturated carbocycles. The minimum Gasteiger partial charge on any atom is -0.466 e. The molecule has 1 aliphatic rings. The number of imidazole rings is 1. The molecule has 4 aromatic heterocycles. The van der Waals surface area contributed by atoms with Crippen molar-refractivity contribution in [2.75, 3.05) is 18.0 Å². The quantitative estimate of drug-likeness (QED) is 0.491. The second-order valence-electron chi connectivity index (χ2n) is 7.52. The summed E-state index contributed by atoms with van der Waals surface area (Å²) < 4.78 is 36.6. The Morgan fingerprint density at radius 1 is 1.25 bits per heavy atom. The van der Waals surface area contributed by atoms with E-state index in [1.807, 2.05) is 6.92 Å². The zero-order valence-electron chi connectivity index (χ0n) is 16.7. The Balaban J connectivity index is 1.52. The lowest BCUT2D eigenvalue weighted by Crippen LogP contribution is -2.36. The number of hydrogen-bond acceptors (Lipinski definition) is 7. The number of aromatic amines is 2. The minimum absolute atomic E-state index is 0.0871. The molecular weight excluding hydrogens is 424 g/mol. The SMILES string of the molecule is Cc1ccc(OC2CN(c3cc(-c4c[nH]c(=O)[nH]c4=O)nn4ccnc34)CC2(F)F)nc1. The van der Waals surface area contributed by atoms with Crippen LogP contribution in [0.4, 0.5) is 14.5 Å². The fourth-order valence-corrected chi connectivity index (χ4v) is 3.60. The maximum atomic E-state index is 14.8. The summed E-state index contributed by atoms with van der Waals surface area (Å²) in [5.41, 5.74) is 0.560. The second kappa shape index (κ2) is 7.25. The van der Waals surface area contributed by atoms with Crippen LogP contribution in [-0.2, 0) is 0 Å². The van der Waals surface area contributed by atoms with Crippen LogP contribution in [0, 0.1) is 6.92 Å². The van der Waals surface area contributed by atoms with Gasteiger partial charge in [-0.25, -0.2) is 28.1 Å². The van der Waals surface area contributed by atoms with Crippen LogP contribution < -0.4 is 20.9 Å². The molecule has 5 heterocycles. The first-order chi connectivity index (χ1) is 15.3. The Morgan fingerprint density at radius 3 is 2.84 bits per heavy atom. The molecule has 1 fully saturated rings. The molecule has 1 atom stereocenters. The zero-order valence-corrected chi connectivity index (χ0v) is 16.7. The molecule has 0 radical (unpaired) electrons. The number of ether oxygens (including phenoxy) is 1. The molecule has 2 N–H and O–H groups in total. The summed E-state index contributed by atoms with van der Waals surface area (Å²) in [4.78, 5) is 37.8. The molecule has 1 saturated heterocycles. The first-order valence-corrected chi connectivity index (χ1v) is 9.69. The number of aryl methyl sites for hydroxylation is 1. The van der Waals surface area contributed by atoms with Crippen LogP contribution >= 0.6 is 0 Å². The van der Waals surface area contributed by atoms with E-state index in [0.717, 1.165) is 5.56 Å². The number of pyridine rings is 1. The van der Waals surface area contributed by atoms with Crippen molar-refractivity contribution in [3.05, 3.63) is 69.4 Å². The van der Waals surface area contributed by atoms with Gasteiger partial charge in [-0.3, -0.25) is 9.78 Å². The number of rotatable bonds is 4. The van der Waals surface area contributed by atoms with Crippen molar-refractivity contribution in [3.8, 4) is 17.1 Å². The summed E-state index contributed by atoms with van der Waals surface area (Å²) in [6.07, 6.45) is 4.36. The number of H-pyrrole nitrogens is 2. The van der Waals surface area contributed by atoms with E-state index in [9.17, 15) is 18.4 Å². The molecule has 12 heteroatoms. The van der Waals surface area contributed by atoms with Gasteiger partial charge in [-0.2, -0.15) is 5.10 Å². The smallest absolute Gasteiger partial charge is 0.325 e. The summed E-state index contributed by atoms with van der Waals surface area (Å²) in [6, 6.07) is 4.78. The highest BCUT2D eigenvalue weighted by Gasteiger charge is 2.50. The lowest BCUT2D eigenvalue weighted by molar-refractivity contribution is -0.0609. The molecule has 10 nitrogen and oxygen atoms in total. The second-order valence-corrected chi connectivity index (χ2v) is 7.52. The van der Waals surface area contributed by atoms with Crippen molar-refractivity contribution >= 4 is 11.3 Å². The summed E-state index contributed by atoms with van der Waals surface area (Å²) in [5, 5.41) is 4.32. The highest BCUT2D eigenvalue weighted by atomic mass is 19.3. The number of anilines is 1. The van der Waals surface area contributed by atoms with E-state index in [2.05, 4.69) is 25.0 Å². The Morgan fingerprint density at radius 2 is 2.09 bits per heavy atom. The van der Waals surface area contributed by atoms with Gasteiger partial charge in [0.15, 0.2) is 11.8 Å². The lowest BCUT2D eigenvalue weighted by atomic mass is 10.2. The number of nitrogens with one attached hydrogen (secondary N) is 2.